The Hall–Kier alpha value is -5.12. The summed E-state index contributed by atoms with van der Waals surface area (Å²) in [4.78, 5) is 41.9. The van der Waals surface area contributed by atoms with Gasteiger partial charge in [0.1, 0.15) is 5.69 Å². The number of carbonyl (C=O) groups is 2. The van der Waals surface area contributed by atoms with E-state index in [1.54, 1.807) is 59.7 Å². The Kier molecular flexibility index (Phi) is 5.37. The Bertz CT molecular complexity index is 1560. The van der Waals surface area contributed by atoms with Crippen molar-refractivity contribution in [2.75, 3.05) is 0 Å². The SMILES string of the molecule is O=C(NNC(=O)c1n[nH]c(=O)c2ccccc12)c1cn(-c2ccccc2)nc1-c1cccnc1. The highest BCUT2D eigenvalue weighted by molar-refractivity contribution is 6.06. The lowest BCUT2D eigenvalue weighted by Crippen LogP contribution is -2.42. The number of para-hydroxylation sites is 1. The van der Waals surface area contributed by atoms with E-state index in [2.05, 4.69) is 31.1 Å². The molecule has 5 aromatic rings. The number of aromatic nitrogens is 5. The maximum atomic E-state index is 13.1. The Morgan fingerprint density at radius 2 is 1.59 bits per heavy atom. The van der Waals surface area contributed by atoms with Crippen LogP contribution in [0.5, 0.6) is 0 Å². The van der Waals surface area contributed by atoms with Crippen LogP contribution in [0.25, 0.3) is 27.7 Å². The van der Waals surface area contributed by atoms with Crippen molar-refractivity contribution >= 4 is 22.6 Å². The van der Waals surface area contributed by atoms with Gasteiger partial charge >= 0.3 is 0 Å². The van der Waals surface area contributed by atoms with Crippen LogP contribution in [0.15, 0.2) is 90.1 Å². The van der Waals surface area contributed by atoms with Crippen LogP contribution >= 0.6 is 0 Å². The standard InChI is InChI=1S/C24H17N7O3/c32-22-18-11-5-4-10-17(18)21(26-27-22)24(34)29-28-23(33)19-14-31(16-8-2-1-3-9-16)30-20(19)15-7-6-12-25-13-15/h1-14H,(H,27,32)(H,28,33)(H,29,34). The molecule has 0 saturated heterocycles. The van der Waals surface area contributed by atoms with Gasteiger partial charge in [-0.1, -0.05) is 36.4 Å². The molecule has 2 amide bonds. The molecule has 0 radical (unpaired) electrons. The minimum absolute atomic E-state index is 0.0250. The average Bonchev–Trinajstić information content (AvgIpc) is 3.34. The van der Waals surface area contributed by atoms with E-state index < -0.39 is 17.4 Å². The summed E-state index contributed by atoms with van der Waals surface area (Å²) in [6.07, 6.45) is 4.80. The number of hydrazine groups is 1. The number of amides is 2. The monoisotopic (exact) mass is 451 g/mol. The zero-order chi connectivity index (χ0) is 23.5. The maximum Gasteiger partial charge on any atom is 0.290 e. The molecular formula is C24H17N7O3. The molecule has 0 aliphatic carbocycles. The van der Waals surface area contributed by atoms with Gasteiger partial charge in [0.2, 0.25) is 0 Å². The normalized spacial score (nSPS) is 10.7. The number of aromatic amines is 1. The van der Waals surface area contributed by atoms with Crippen molar-refractivity contribution in [3.63, 3.8) is 0 Å². The van der Waals surface area contributed by atoms with Gasteiger partial charge in [-0.15, -0.1) is 0 Å². The van der Waals surface area contributed by atoms with Gasteiger partial charge in [-0.25, -0.2) is 9.78 Å². The van der Waals surface area contributed by atoms with Gasteiger partial charge in [0, 0.05) is 29.5 Å². The summed E-state index contributed by atoms with van der Waals surface area (Å²) in [6, 6.07) is 19.4. The van der Waals surface area contributed by atoms with Crippen molar-refractivity contribution in [2.24, 2.45) is 0 Å². The third-order valence-electron chi connectivity index (χ3n) is 5.12. The first-order valence-corrected chi connectivity index (χ1v) is 10.3. The Balaban J connectivity index is 1.44. The number of hydrogen-bond acceptors (Lipinski definition) is 6. The van der Waals surface area contributed by atoms with Crippen molar-refractivity contribution in [1.29, 1.82) is 0 Å². The number of rotatable bonds is 4. The first kappa shape index (κ1) is 20.8. The van der Waals surface area contributed by atoms with Crippen LogP contribution < -0.4 is 16.4 Å². The summed E-state index contributed by atoms with van der Waals surface area (Å²) in [5, 5.41) is 11.4. The summed E-state index contributed by atoms with van der Waals surface area (Å²) >= 11 is 0. The predicted molar refractivity (Wildman–Crippen MR) is 124 cm³/mol. The van der Waals surface area contributed by atoms with Crippen LogP contribution in [-0.4, -0.2) is 36.8 Å². The molecule has 0 saturated carbocycles. The molecule has 0 atom stereocenters. The largest absolute Gasteiger partial charge is 0.290 e. The molecule has 34 heavy (non-hydrogen) atoms. The van der Waals surface area contributed by atoms with Crippen LogP contribution in [-0.2, 0) is 0 Å². The minimum atomic E-state index is -0.681. The lowest BCUT2D eigenvalue weighted by Gasteiger charge is -2.08. The van der Waals surface area contributed by atoms with Crippen molar-refractivity contribution in [3.05, 3.63) is 107 Å². The topological polar surface area (TPSA) is 135 Å². The number of fused-ring (bicyclic) bond motifs is 1. The van der Waals surface area contributed by atoms with E-state index >= 15 is 0 Å². The molecule has 0 aliphatic rings. The molecule has 166 valence electrons. The smallest absolute Gasteiger partial charge is 0.267 e. The van der Waals surface area contributed by atoms with Crippen LogP contribution in [0.1, 0.15) is 20.8 Å². The van der Waals surface area contributed by atoms with E-state index in [1.807, 2.05) is 30.3 Å². The zero-order valence-electron chi connectivity index (χ0n) is 17.6. The van der Waals surface area contributed by atoms with E-state index in [9.17, 15) is 14.4 Å². The fourth-order valence-electron chi connectivity index (χ4n) is 3.50. The summed E-state index contributed by atoms with van der Waals surface area (Å²) in [7, 11) is 0. The van der Waals surface area contributed by atoms with E-state index in [0.717, 1.165) is 5.69 Å². The third-order valence-corrected chi connectivity index (χ3v) is 5.12. The summed E-state index contributed by atoms with van der Waals surface area (Å²) in [5.41, 5.74) is 6.37. The molecule has 0 fully saturated rings. The molecule has 3 N–H and O–H groups in total. The van der Waals surface area contributed by atoms with Crippen molar-refractivity contribution < 1.29 is 9.59 Å². The minimum Gasteiger partial charge on any atom is -0.267 e. The van der Waals surface area contributed by atoms with E-state index in [0.29, 0.717) is 22.0 Å². The van der Waals surface area contributed by atoms with Crippen LogP contribution in [0, 0.1) is 0 Å². The van der Waals surface area contributed by atoms with Crippen LogP contribution in [0.3, 0.4) is 0 Å². The predicted octanol–water partition coefficient (Wildman–Crippen LogP) is 2.25. The highest BCUT2D eigenvalue weighted by atomic mass is 16.2. The number of pyridine rings is 1. The van der Waals surface area contributed by atoms with Crippen LogP contribution in [0.4, 0.5) is 0 Å². The maximum absolute atomic E-state index is 13.1. The molecule has 5 rings (SSSR count). The highest BCUT2D eigenvalue weighted by Crippen LogP contribution is 2.23. The van der Waals surface area contributed by atoms with Crippen molar-refractivity contribution in [3.8, 4) is 16.9 Å². The lowest BCUT2D eigenvalue weighted by molar-refractivity contribution is 0.0844. The Morgan fingerprint density at radius 3 is 2.35 bits per heavy atom. The van der Waals surface area contributed by atoms with Gasteiger partial charge in [-0.3, -0.25) is 30.2 Å². The summed E-state index contributed by atoms with van der Waals surface area (Å²) in [6.45, 7) is 0. The fraction of sp³-hybridized carbons (Fsp3) is 0. The second-order valence-corrected chi connectivity index (χ2v) is 7.27. The molecule has 2 aromatic carbocycles. The number of carbonyl (C=O) groups excluding carboxylic acids is 2. The van der Waals surface area contributed by atoms with Crippen LogP contribution in [0.2, 0.25) is 0 Å². The molecule has 0 bridgehead atoms. The van der Waals surface area contributed by atoms with E-state index in [-0.39, 0.29) is 11.3 Å². The molecule has 10 nitrogen and oxygen atoms in total. The molecule has 3 aromatic heterocycles. The first-order chi connectivity index (χ1) is 16.6. The third kappa shape index (κ3) is 3.91. The van der Waals surface area contributed by atoms with Gasteiger partial charge in [0.25, 0.3) is 17.4 Å². The number of benzene rings is 2. The van der Waals surface area contributed by atoms with Gasteiger partial charge < -0.3 is 0 Å². The second kappa shape index (κ2) is 8.79. The molecule has 10 heteroatoms. The quantitative estimate of drug-likeness (QED) is 0.359. The number of nitrogens with one attached hydrogen (secondary N) is 3. The molecular weight excluding hydrogens is 434 g/mol. The Labute approximate surface area is 192 Å². The number of H-pyrrole nitrogens is 1. The van der Waals surface area contributed by atoms with Gasteiger partial charge in [0.05, 0.1) is 16.6 Å². The van der Waals surface area contributed by atoms with Gasteiger partial charge in [-0.05, 0) is 30.3 Å². The van der Waals surface area contributed by atoms with Crippen molar-refractivity contribution in [1.82, 2.24) is 35.8 Å². The van der Waals surface area contributed by atoms with E-state index in [1.165, 1.54) is 0 Å². The number of hydrogen-bond donors (Lipinski definition) is 3. The van der Waals surface area contributed by atoms with Crippen molar-refractivity contribution in [2.45, 2.75) is 0 Å². The highest BCUT2D eigenvalue weighted by Gasteiger charge is 2.20. The lowest BCUT2D eigenvalue weighted by atomic mass is 10.1. The average molecular weight is 451 g/mol. The van der Waals surface area contributed by atoms with Gasteiger partial charge in [-0.2, -0.15) is 10.2 Å². The first-order valence-electron chi connectivity index (χ1n) is 10.3. The molecule has 0 spiro atoms. The zero-order valence-corrected chi connectivity index (χ0v) is 17.6. The summed E-state index contributed by atoms with van der Waals surface area (Å²) < 4.78 is 1.58. The van der Waals surface area contributed by atoms with Gasteiger partial charge in [0.15, 0.2) is 5.69 Å². The molecule has 0 unspecified atom stereocenters. The fourth-order valence-corrected chi connectivity index (χ4v) is 3.50. The van der Waals surface area contributed by atoms with E-state index in [4.69, 9.17) is 0 Å². The molecule has 3 heterocycles. The number of nitrogens with zero attached hydrogens (tertiary/aromatic N) is 4. The Morgan fingerprint density at radius 1 is 0.853 bits per heavy atom. The summed E-state index contributed by atoms with van der Waals surface area (Å²) in [5.74, 6) is -1.26. The molecule has 0 aliphatic heterocycles. The second-order valence-electron chi connectivity index (χ2n) is 7.27.